The van der Waals surface area contributed by atoms with Gasteiger partial charge in [-0.25, -0.2) is 17.2 Å². The zero-order valence-corrected chi connectivity index (χ0v) is 22.4. The zero-order chi connectivity index (χ0) is 28.3. The first-order valence-corrected chi connectivity index (χ1v) is 15.0. The first kappa shape index (κ1) is 26.7. The molecule has 0 bridgehead atoms. The molecule has 2 fully saturated rings. The number of nitrogens with one attached hydrogen (secondary N) is 2. The van der Waals surface area contributed by atoms with Gasteiger partial charge in [-0.05, 0) is 55.0 Å². The van der Waals surface area contributed by atoms with Gasteiger partial charge >= 0.3 is 0 Å². The SMILES string of the molecule is NC1(NC(=O)C2(NC(=O)c3cc4ccc(-c5ccc6c(c5)OCCS(=O)(=O)C6)cc4o3)CCC(F)(F)CC2)CC1. The second-order valence-corrected chi connectivity index (χ2v) is 13.3. The summed E-state index contributed by atoms with van der Waals surface area (Å²) in [6.45, 7) is 0.0812. The average molecular weight is 574 g/mol. The van der Waals surface area contributed by atoms with E-state index in [-0.39, 0.29) is 36.7 Å². The highest BCUT2D eigenvalue weighted by molar-refractivity contribution is 7.90. The van der Waals surface area contributed by atoms with Crippen molar-refractivity contribution in [1.29, 1.82) is 0 Å². The maximum atomic E-state index is 14.0. The number of fused-ring (bicyclic) bond motifs is 2. The minimum absolute atomic E-state index is 0.0430. The molecule has 1 aliphatic heterocycles. The summed E-state index contributed by atoms with van der Waals surface area (Å²) in [7, 11) is -3.22. The number of furan rings is 1. The third kappa shape index (κ3) is 5.29. The number of halogens is 2. The molecule has 212 valence electrons. The standard InChI is InChI=1S/C28H29F2N3O6S/c29-27(30)7-5-26(6-8-27,25(35)33-28(31)9-10-28)32-24(34)23-15-19-3-1-18(14-22(19)39-23)17-2-4-20-16-40(36,37)12-11-38-21(20)13-17/h1-4,13-15H,5-12,16,31H2,(H,32,34)(H,33,35). The van der Waals surface area contributed by atoms with Crippen LogP contribution in [0.3, 0.4) is 0 Å². The van der Waals surface area contributed by atoms with Crippen molar-refractivity contribution in [2.24, 2.45) is 5.73 Å². The highest BCUT2D eigenvalue weighted by Gasteiger charge is 2.52. The third-order valence-electron chi connectivity index (χ3n) is 7.95. The van der Waals surface area contributed by atoms with Crippen LogP contribution < -0.4 is 21.1 Å². The Bertz CT molecular complexity index is 1620. The minimum atomic E-state index is -3.22. The van der Waals surface area contributed by atoms with E-state index in [1.165, 1.54) is 6.07 Å². The van der Waals surface area contributed by atoms with Gasteiger partial charge in [-0.1, -0.05) is 24.3 Å². The van der Waals surface area contributed by atoms with E-state index in [2.05, 4.69) is 10.6 Å². The molecule has 2 saturated carbocycles. The van der Waals surface area contributed by atoms with Crippen molar-refractivity contribution in [3.05, 3.63) is 53.8 Å². The van der Waals surface area contributed by atoms with E-state index in [1.807, 2.05) is 6.07 Å². The van der Waals surface area contributed by atoms with E-state index in [0.29, 0.717) is 35.1 Å². The largest absolute Gasteiger partial charge is 0.492 e. The molecular weight excluding hydrogens is 544 g/mol. The summed E-state index contributed by atoms with van der Waals surface area (Å²) in [5.74, 6) is -3.82. The second kappa shape index (κ2) is 9.27. The van der Waals surface area contributed by atoms with Crippen LogP contribution in [0.1, 0.15) is 54.6 Å². The molecule has 0 saturated heterocycles. The lowest BCUT2D eigenvalue weighted by molar-refractivity contribution is -0.134. The van der Waals surface area contributed by atoms with Crippen LogP contribution in [-0.4, -0.2) is 49.7 Å². The first-order chi connectivity index (χ1) is 18.8. The van der Waals surface area contributed by atoms with E-state index in [9.17, 15) is 26.8 Å². The van der Waals surface area contributed by atoms with Crippen LogP contribution in [0.5, 0.6) is 5.75 Å². The monoisotopic (exact) mass is 573 g/mol. The summed E-state index contributed by atoms with van der Waals surface area (Å²) in [6.07, 6.45) is -0.337. The van der Waals surface area contributed by atoms with Gasteiger partial charge in [0.25, 0.3) is 5.91 Å². The van der Waals surface area contributed by atoms with E-state index < -0.39 is 51.6 Å². The van der Waals surface area contributed by atoms with E-state index >= 15 is 0 Å². The number of carbonyl (C=O) groups is 2. The Kier molecular flexibility index (Phi) is 6.19. The molecule has 1 aromatic heterocycles. The van der Waals surface area contributed by atoms with Crippen molar-refractivity contribution >= 4 is 32.6 Å². The molecule has 0 unspecified atom stereocenters. The predicted molar refractivity (Wildman–Crippen MR) is 143 cm³/mol. The number of hydrogen-bond donors (Lipinski definition) is 3. The molecule has 2 amide bonds. The molecule has 40 heavy (non-hydrogen) atoms. The van der Waals surface area contributed by atoms with Crippen molar-refractivity contribution in [2.75, 3.05) is 12.4 Å². The fourth-order valence-corrected chi connectivity index (χ4v) is 6.43. The summed E-state index contributed by atoms with van der Waals surface area (Å²) in [5, 5.41) is 6.04. The van der Waals surface area contributed by atoms with Crippen LogP contribution in [0.4, 0.5) is 8.78 Å². The van der Waals surface area contributed by atoms with Crippen LogP contribution >= 0.6 is 0 Å². The number of ether oxygens (including phenoxy) is 1. The van der Waals surface area contributed by atoms with Gasteiger partial charge in [-0.2, -0.15) is 0 Å². The Hall–Kier alpha value is -3.51. The summed E-state index contributed by atoms with van der Waals surface area (Å²) >= 11 is 0. The molecule has 9 nitrogen and oxygen atoms in total. The van der Waals surface area contributed by atoms with Crippen molar-refractivity contribution < 1.29 is 35.9 Å². The number of alkyl halides is 2. The lowest BCUT2D eigenvalue weighted by Gasteiger charge is -2.39. The molecule has 0 spiro atoms. The van der Waals surface area contributed by atoms with E-state index in [1.54, 1.807) is 30.3 Å². The molecule has 4 N–H and O–H groups in total. The molecule has 2 aliphatic carbocycles. The molecular formula is C28H29F2N3O6S. The number of amides is 2. The molecule has 3 aromatic rings. The summed E-state index contributed by atoms with van der Waals surface area (Å²) < 4.78 is 63.6. The minimum Gasteiger partial charge on any atom is -0.492 e. The second-order valence-electron chi connectivity index (χ2n) is 11.1. The number of carbonyl (C=O) groups excluding carboxylic acids is 2. The van der Waals surface area contributed by atoms with Gasteiger partial charge in [-0.15, -0.1) is 0 Å². The Morgan fingerprint density at radius 3 is 2.33 bits per heavy atom. The fraction of sp³-hybridized carbons (Fsp3) is 0.429. The van der Waals surface area contributed by atoms with Crippen LogP contribution in [0.2, 0.25) is 0 Å². The van der Waals surface area contributed by atoms with Crippen LogP contribution in [-0.2, 0) is 20.4 Å². The number of rotatable bonds is 5. The van der Waals surface area contributed by atoms with Gasteiger partial charge in [0.15, 0.2) is 15.6 Å². The van der Waals surface area contributed by atoms with Crippen molar-refractivity contribution in [3.63, 3.8) is 0 Å². The molecule has 2 heterocycles. The highest BCUT2D eigenvalue weighted by atomic mass is 32.2. The number of benzene rings is 2. The quantitative estimate of drug-likeness (QED) is 0.396. The lowest BCUT2D eigenvalue weighted by Crippen LogP contribution is -2.64. The number of nitrogens with two attached hydrogens (primary N) is 1. The Morgan fingerprint density at radius 1 is 0.900 bits per heavy atom. The molecule has 2 aromatic carbocycles. The lowest BCUT2D eigenvalue weighted by atomic mass is 9.78. The first-order valence-electron chi connectivity index (χ1n) is 13.2. The zero-order valence-electron chi connectivity index (χ0n) is 21.6. The topological polar surface area (TPSA) is 141 Å². The fourth-order valence-electron chi connectivity index (χ4n) is 5.23. The number of hydrogen-bond acceptors (Lipinski definition) is 7. The van der Waals surface area contributed by atoms with Gasteiger partial charge in [0, 0.05) is 23.8 Å². The molecule has 3 aliphatic rings. The van der Waals surface area contributed by atoms with Gasteiger partial charge in [-0.3, -0.25) is 9.59 Å². The van der Waals surface area contributed by atoms with Crippen LogP contribution in [0, 0.1) is 0 Å². The average Bonchev–Trinajstić information content (AvgIpc) is 3.50. The van der Waals surface area contributed by atoms with Crippen molar-refractivity contribution in [1.82, 2.24) is 10.6 Å². The molecule has 12 heteroatoms. The maximum Gasteiger partial charge on any atom is 0.287 e. The smallest absolute Gasteiger partial charge is 0.287 e. The van der Waals surface area contributed by atoms with Gasteiger partial charge in [0.2, 0.25) is 11.8 Å². The Labute approximate surface area is 229 Å². The Balaban J connectivity index is 1.25. The van der Waals surface area contributed by atoms with Crippen molar-refractivity contribution in [2.45, 2.75) is 61.4 Å². The van der Waals surface area contributed by atoms with Crippen LogP contribution in [0.15, 0.2) is 46.9 Å². The van der Waals surface area contributed by atoms with E-state index in [0.717, 1.165) is 11.1 Å². The molecule has 0 radical (unpaired) electrons. The predicted octanol–water partition coefficient (Wildman–Crippen LogP) is 3.65. The summed E-state index contributed by atoms with van der Waals surface area (Å²) in [5.41, 5.74) is 6.19. The normalized spacial score (nSPS) is 21.9. The van der Waals surface area contributed by atoms with Gasteiger partial charge in [0.1, 0.15) is 23.5 Å². The molecule has 6 rings (SSSR count). The summed E-state index contributed by atoms with van der Waals surface area (Å²) in [6, 6.07) is 12.2. The van der Waals surface area contributed by atoms with Gasteiger partial charge < -0.3 is 25.5 Å². The number of sulfone groups is 1. The third-order valence-corrected chi connectivity index (χ3v) is 9.48. The van der Waals surface area contributed by atoms with Gasteiger partial charge in [0.05, 0.1) is 17.2 Å². The van der Waals surface area contributed by atoms with Crippen molar-refractivity contribution in [3.8, 4) is 16.9 Å². The van der Waals surface area contributed by atoms with Crippen LogP contribution in [0.25, 0.3) is 22.1 Å². The Morgan fingerprint density at radius 2 is 1.60 bits per heavy atom. The molecule has 0 atom stereocenters. The maximum absolute atomic E-state index is 14.0. The highest BCUT2D eigenvalue weighted by Crippen LogP contribution is 2.40. The summed E-state index contributed by atoms with van der Waals surface area (Å²) in [4.78, 5) is 26.4. The van der Waals surface area contributed by atoms with E-state index in [4.69, 9.17) is 14.9 Å².